The van der Waals surface area contributed by atoms with E-state index in [0.717, 1.165) is 6.08 Å². The van der Waals surface area contributed by atoms with E-state index < -0.39 is 130 Å². The lowest BCUT2D eigenvalue weighted by atomic mass is 9.98. The molecule has 1 aliphatic heterocycles. The van der Waals surface area contributed by atoms with Crippen molar-refractivity contribution in [2.45, 2.75) is 30.7 Å². The Hall–Kier alpha value is -7.58. The molecule has 1 fully saturated rings. The van der Waals surface area contributed by atoms with E-state index >= 15 is 0 Å². The van der Waals surface area contributed by atoms with Crippen LogP contribution in [-0.4, -0.2) is 117 Å². The van der Waals surface area contributed by atoms with Gasteiger partial charge in [0.1, 0.15) is 18.5 Å². The third-order valence-electron chi connectivity index (χ3n) is 7.93. The fourth-order valence-electron chi connectivity index (χ4n) is 5.10. The van der Waals surface area contributed by atoms with Gasteiger partial charge in [-0.1, -0.05) is 12.1 Å². The smallest absolute Gasteiger partial charge is 0.338 e. The molecular weight excluding hydrogens is 752 g/mol. The van der Waals surface area contributed by atoms with Gasteiger partial charge in [0.05, 0.1) is 16.7 Å². The molecule has 5 rings (SSSR count). The molecule has 4 aromatic carbocycles. The Labute approximate surface area is 312 Å². The van der Waals surface area contributed by atoms with Gasteiger partial charge in [0.25, 0.3) is 0 Å². The van der Waals surface area contributed by atoms with Crippen LogP contribution in [0.15, 0.2) is 66.7 Å². The first kappa shape index (κ1) is 39.6. The molecule has 294 valence electrons. The van der Waals surface area contributed by atoms with Crippen LogP contribution in [0.4, 0.5) is 0 Å². The molecule has 0 bridgehead atoms. The molecule has 20 nitrogen and oxygen atoms in total. The van der Waals surface area contributed by atoms with Gasteiger partial charge in [0, 0.05) is 6.08 Å². The number of esters is 4. The topological polar surface area (TPSA) is 337 Å². The summed E-state index contributed by atoms with van der Waals surface area (Å²) in [5.41, 5.74) is -1.40. The molecule has 5 atom stereocenters. The largest absolute Gasteiger partial charge is 0.508 e. The number of rotatable bonds is 10. The number of ether oxygens (including phenoxy) is 5. The number of hydrogen-bond donors (Lipinski definition) is 11. The van der Waals surface area contributed by atoms with Crippen LogP contribution in [0.2, 0.25) is 0 Å². The lowest BCUT2D eigenvalue weighted by Crippen LogP contribution is -2.62. The summed E-state index contributed by atoms with van der Waals surface area (Å²) in [5, 5.41) is 110. The van der Waals surface area contributed by atoms with Gasteiger partial charge in [0.2, 0.25) is 6.29 Å². The molecule has 56 heavy (non-hydrogen) atoms. The molecule has 0 unspecified atom stereocenters. The quantitative estimate of drug-likeness (QED) is 0.0472. The van der Waals surface area contributed by atoms with E-state index in [1.807, 2.05) is 0 Å². The van der Waals surface area contributed by atoms with Gasteiger partial charge in [0.15, 0.2) is 70.1 Å². The zero-order valence-corrected chi connectivity index (χ0v) is 28.1. The first-order valence-corrected chi connectivity index (χ1v) is 15.8. The molecule has 4 aromatic rings. The molecule has 11 N–H and O–H groups in total. The Morgan fingerprint density at radius 1 is 0.571 bits per heavy atom. The Bertz CT molecular complexity index is 2130. The van der Waals surface area contributed by atoms with Crippen molar-refractivity contribution >= 4 is 30.0 Å². The summed E-state index contributed by atoms with van der Waals surface area (Å²) in [6, 6.07) is 9.55. The van der Waals surface area contributed by atoms with Gasteiger partial charge in [-0.15, -0.1) is 0 Å². The van der Waals surface area contributed by atoms with Crippen molar-refractivity contribution < 1.29 is 99.0 Å². The summed E-state index contributed by atoms with van der Waals surface area (Å²) in [6.45, 7) is -1.02. The zero-order valence-electron chi connectivity index (χ0n) is 28.1. The minimum atomic E-state index is -2.28. The van der Waals surface area contributed by atoms with Crippen LogP contribution < -0.4 is 0 Å². The van der Waals surface area contributed by atoms with Gasteiger partial charge < -0.3 is 79.9 Å². The van der Waals surface area contributed by atoms with Crippen molar-refractivity contribution in [2.75, 3.05) is 6.61 Å². The molecule has 0 saturated carbocycles. The number of carbonyl (C=O) groups excluding carboxylic acids is 4. The highest BCUT2D eigenvalue weighted by atomic mass is 16.7. The fraction of sp³-hybridized carbons (Fsp3) is 0.167. The summed E-state index contributed by atoms with van der Waals surface area (Å²) in [4.78, 5) is 52.6. The molecule has 0 aromatic heterocycles. The van der Waals surface area contributed by atoms with Crippen LogP contribution in [0.25, 0.3) is 6.08 Å². The summed E-state index contributed by atoms with van der Waals surface area (Å²) < 4.78 is 27.0. The highest BCUT2D eigenvalue weighted by Crippen LogP contribution is 2.39. The Balaban J connectivity index is 1.52. The number of hydrogen-bond acceptors (Lipinski definition) is 20. The molecule has 0 amide bonds. The Morgan fingerprint density at radius 2 is 0.982 bits per heavy atom. The molecule has 0 spiro atoms. The Morgan fingerprint density at radius 3 is 1.43 bits per heavy atom. The van der Waals surface area contributed by atoms with Crippen molar-refractivity contribution in [2.24, 2.45) is 0 Å². The second-order valence-electron chi connectivity index (χ2n) is 11.8. The molecular formula is C36H30O20. The molecule has 0 aliphatic carbocycles. The predicted molar refractivity (Wildman–Crippen MR) is 181 cm³/mol. The van der Waals surface area contributed by atoms with Crippen LogP contribution >= 0.6 is 0 Å². The molecule has 1 aliphatic rings. The lowest BCUT2D eigenvalue weighted by molar-refractivity contribution is -0.289. The molecule has 20 heteroatoms. The SMILES string of the molecule is O=C(/C=C/c1ccc(O)cc1)O[C@@H]1O[C@H](COC(=O)c2cc(O)c(O)c(O)c2)[C@@H](OC(=O)c2cc(O)c(O)c(O)c2)[C@H](OC(=O)c2cc(O)c(O)c(O)c2)[C@H]1O. The van der Waals surface area contributed by atoms with E-state index in [4.69, 9.17) is 23.7 Å². The van der Waals surface area contributed by atoms with E-state index in [1.165, 1.54) is 30.3 Å². The van der Waals surface area contributed by atoms with E-state index in [2.05, 4.69) is 0 Å². The van der Waals surface area contributed by atoms with Crippen molar-refractivity contribution in [1.29, 1.82) is 0 Å². The van der Waals surface area contributed by atoms with Crippen LogP contribution in [0.5, 0.6) is 57.5 Å². The first-order chi connectivity index (χ1) is 26.4. The number of benzene rings is 4. The van der Waals surface area contributed by atoms with Crippen molar-refractivity contribution in [1.82, 2.24) is 0 Å². The summed E-state index contributed by atoms with van der Waals surface area (Å²) >= 11 is 0. The number of aromatic hydroxyl groups is 10. The van der Waals surface area contributed by atoms with E-state index in [1.54, 1.807) is 0 Å². The molecule has 0 radical (unpaired) electrons. The molecule has 1 saturated heterocycles. The third-order valence-corrected chi connectivity index (χ3v) is 7.93. The number of phenolic OH excluding ortho intramolecular Hbond substituents is 10. The number of aliphatic hydroxyl groups is 1. The van der Waals surface area contributed by atoms with Crippen LogP contribution in [-0.2, 0) is 28.5 Å². The minimum absolute atomic E-state index is 0.0678. The van der Waals surface area contributed by atoms with Gasteiger partial charge in [-0.05, 0) is 60.2 Å². The monoisotopic (exact) mass is 782 g/mol. The van der Waals surface area contributed by atoms with Gasteiger partial charge in [-0.2, -0.15) is 0 Å². The first-order valence-electron chi connectivity index (χ1n) is 15.8. The zero-order chi connectivity index (χ0) is 41.0. The van der Waals surface area contributed by atoms with Crippen LogP contribution in [0.3, 0.4) is 0 Å². The average Bonchev–Trinajstić information content (AvgIpc) is 3.15. The Kier molecular flexibility index (Phi) is 11.5. The lowest BCUT2D eigenvalue weighted by Gasteiger charge is -2.42. The number of phenols is 10. The highest BCUT2D eigenvalue weighted by Gasteiger charge is 2.52. The van der Waals surface area contributed by atoms with Gasteiger partial charge in [-0.25, -0.2) is 19.2 Å². The van der Waals surface area contributed by atoms with Crippen LogP contribution in [0.1, 0.15) is 36.6 Å². The van der Waals surface area contributed by atoms with E-state index in [0.29, 0.717) is 42.0 Å². The van der Waals surface area contributed by atoms with E-state index in [-0.39, 0.29) is 5.75 Å². The van der Waals surface area contributed by atoms with Gasteiger partial charge >= 0.3 is 23.9 Å². The number of aliphatic hydroxyl groups excluding tert-OH is 1. The second kappa shape index (κ2) is 16.2. The number of carbonyl (C=O) groups is 4. The highest BCUT2D eigenvalue weighted by molar-refractivity contribution is 5.93. The van der Waals surface area contributed by atoms with Crippen molar-refractivity contribution in [3.8, 4) is 57.5 Å². The molecule has 1 heterocycles. The fourth-order valence-corrected chi connectivity index (χ4v) is 5.10. The maximum absolute atomic E-state index is 13.4. The van der Waals surface area contributed by atoms with Gasteiger partial charge in [-0.3, -0.25) is 0 Å². The summed E-state index contributed by atoms with van der Waals surface area (Å²) in [5.74, 6) is -14.2. The second-order valence-corrected chi connectivity index (χ2v) is 11.8. The van der Waals surface area contributed by atoms with Crippen LogP contribution in [0, 0.1) is 0 Å². The normalized spacial score (nSPS) is 19.2. The summed E-state index contributed by atoms with van der Waals surface area (Å²) in [6.07, 6.45) is -8.44. The maximum Gasteiger partial charge on any atom is 0.338 e. The van der Waals surface area contributed by atoms with Crippen molar-refractivity contribution in [3.05, 3.63) is 89.0 Å². The van der Waals surface area contributed by atoms with E-state index in [9.17, 15) is 75.3 Å². The average molecular weight is 783 g/mol. The maximum atomic E-state index is 13.4. The van der Waals surface area contributed by atoms with Crippen molar-refractivity contribution in [3.63, 3.8) is 0 Å². The predicted octanol–water partition coefficient (Wildman–Crippen LogP) is 1.69. The standard InChI is InChI=1S/C36H30O20/c37-18-4-1-14(2-5-18)3-6-26(44)54-36-30(48)32(56-35(51)17-11-23(42)29(47)24(43)12-17)31(55-34(50)16-9-21(40)28(46)22(41)10-16)25(53-36)13-52-33(49)15-7-19(38)27(45)20(39)8-15/h1-12,25,30-32,36-43,45-48H,13H2/b6-3+/t25-,30-,31-,32-,36+/m1/s1. The summed E-state index contributed by atoms with van der Waals surface area (Å²) in [7, 11) is 0. The third kappa shape index (κ3) is 8.78. The minimum Gasteiger partial charge on any atom is -0.508 e.